The first kappa shape index (κ1) is 14.6. The van der Waals surface area contributed by atoms with Gasteiger partial charge >= 0.3 is 0 Å². The molecular formula is C13H19N3O3S. The lowest BCUT2D eigenvalue weighted by molar-refractivity contribution is 0.318. The number of sulfone groups is 1. The Bertz CT molecular complexity index is 626. The first-order valence-corrected chi connectivity index (χ1v) is 8.29. The highest BCUT2D eigenvalue weighted by Crippen LogP contribution is 2.26. The third-order valence-electron chi connectivity index (χ3n) is 3.49. The van der Waals surface area contributed by atoms with Crippen LogP contribution in [0.5, 0.6) is 0 Å². The number of hydrogen-bond acceptors (Lipinski definition) is 5. The molecule has 0 saturated carbocycles. The van der Waals surface area contributed by atoms with Crippen LogP contribution in [0.3, 0.4) is 0 Å². The van der Waals surface area contributed by atoms with Gasteiger partial charge in [-0.15, -0.1) is 0 Å². The molecule has 1 saturated heterocycles. The summed E-state index contributed by atoms with van der Waals surface area (Å²) in [5, 5.41) is 11.9. The highest BCUT2D eigenvalue weighted by atomic mass is 32.2. The summed E-state index contributed by atoms with van der Waals surface area (Å²) in [6.07, 6.45) is 0.590. The van der Waals surface area contributed by atoms with E-state index in [2.05, 4.69) is 5.16 Å². The van der Waals surface area contributed by atoms with Gasteiger partial charge in [0.25, 0.3) is 0 Å². The zero-order valence-corrected chi connectivity index (χ0v) is 12.2. The third-order valence-corrected chi connectivity index (χ3v) is 5.21. The molecule has 6 nitrogen and oxygen atoms in total. The number of para-hydroxylation sites is 1. The van der Waals surface area contributed by atoms with Gasteiger partial charge in [-0.2, -0.15) is 0 Å². The largest absolute Gasteiger partial charge is 0.409 e. The summed E-state index contributed by atoms with van der Waals surface area (Å²) in [7, 11) is -2.96. The summed E-state index contributed by atoms with van der Waals surface area (Å²) in [5.41, 5.74) is 8.18. The van der Waals surface area contributed by atoms with Crippen LogP contribution in [-0.2, 0) is 9.84 Å². The quantitative estimate of drug-likeness (QED) is 0.363. The molecule has 0 atom stereocenters. The molecular weight excluding hydrogens is 278 g/mol. The van der Waals surface area contributed by atoms with Crippen LogP contribution in [0.15, 0.2) is 23.4 Å². The average molecular weight is 297 g/mol. The number of amidine groups is 1. The topological polar surface area (TPSA) is 96.0 Å². The smallest absolute Gasteiger partial charge is 0.172 e. The van der Waals surface area contributed by atoms with Crippen molar-refractivity contribution in [2.45, 2.75) is 13.3 Å². The van der Waals surface area contributed by atoms with E-state index < -0.39 is 9.84 Å². The third kappa shape index (κ3) is 3.04. The Kier molecular flexibility index (Phi) is 4.17. The maximum Gasteiger partial charge on any atom is 0.172 e. The number of nitrogens with zero attached hydrogens (tertiary/aromatic N) is 2. The summed E-state index contributed by atoms with van der Waals surface area (Å²) in [6.45, 7) is 3.01. The monoisotopic (exact) mass is 297 g/mol. The fourth-order valence-electron chi connectivity index (χ4n) is 2.50. The highest BCUT2D eigenvalue weighted by molar-refractivity contribution is 7.91. The molecule has 0 amide bonds. The van der Waals surface area contributed by atoms with Crippen molar-refractivity contribution >= 4 is 21.4 Å². The Labute approximate surface area is 118 Å². The maximum atomic E-state index is 11.7. The van der Waals surface area contributed by atoms with Gasteiger partial charge in [-0.05, 0) is 25.0 Å². The predicted molar refractivity (Wildman–Crippen MR) is 79.2 cm³/mol. The van der Waals surface area contributed by atoms with E-state index in [4.69, 9.17) is 10.9 Å². The number of hydrogen-bond donors (Lipinski definition) is 2. The van der Waals surface area contributed by atoms with Crippen molar-refractivity contribution in [1.82, 2.24) is 0 Å². The predicted octanol–water partition coefficient (Wildman–Crippen LogP) is 0.714. The standard InChI is InChI=1S/C13H19N3O3S/c1-10-4-2-5-11(13(14)15-17)12(10)16-6-3-8-20(18,19)9-7-16/h2,4-5,17H,3,6-9H2,1H3,(H2,14,15). The molecule has 0 unspecified atom stereocenters. The van der Waals surface area contributed by atoms with Crippen molar-refractivity contribution in [3.63, 3.8) is 0 Å². The minimum atomic E-state index is -2.96. The van der Waals surface area contributed by atoms with Crippen LogP contribution in [0, 0.1) is 6.92 Å². The molecule has 2 rings (SSSR count). The van der Waals surface area contributed by atoms with Crippen molar-refractivity contribution in [1.29, 1.82) is 0 Å². The molecule has 0 bridgehead atoms. The van der Waals surface area contributed by atoms with E-state index in [0.29, 0.717) is 25.1 Å². The summed E-state index contributed by atoms with van der Waals surface area (Å²) in [4.78, 5) is 2.01. The SMILES string of the molecule is Cc1cccc(/C(N)=N/O)c1N1CCCS(=O)(=O)CC1. The fourth-order valence-corrected chi connectivity index (χ4v) is 3.77. The number of benzene rings is 1. The molecule has 1 aliphatic heterocycles. The second-order valence-corrected chi connectivity index (χ2v) is 7.25. The first-order valence-electron chi connectivity index (χ1n) is 6.47. The Morgan fingerprint density at radius 1 is 1.35 bits per heavy atom. The zero-order chi connectivity index (χ0) is 14.8. The van der Waals surface area contributed by atoms with Crippen molar-refractivity contribution < 1.29 is 13.6 Å². The van der Waals surface area contributed by atoms with Crippen molar-refractivity contribution in [3.8, 4) is 0 Å². The van der Waals surface area contributed by atoms with E-state index in [0.717, 1.165) is 11.3 Å². The Morgan fingerprint density at radius 3 is 2.80 bits per heavy atom. The molecule has 7 heteroatoms. The van der Waals surface area contributed by atoms with Crippen LogP contribution >= 0.6 is 0 Å². The number of oxime groups is 1. The van der Waals surface area contributed by atoms with Gasteiger partial charge in [0.1, 0.15) is 0 Å². The number of aryl methyl sites for hydroxylation is 1. The van der Waals surface area contributed by atoms with Gasteiger partial charge in [0.2, 0.25) is 0 Å². The summed E-state index contributed by atoms with van der Waals surface area (Å²) in [6, 6.07) is 5.54. The van der Waals surface area contributed by atoms with Crippen LogP contribution in [-0.4, -0.2) is 44.1 Å². The van der Waals surface area contributed by atoms with Crippen LogP contribution in [0.2, 0.25) is 0 Å². The second-order valence-electron chi connectivity index (χ2n) is 4.95. The summed E-state index contributed by atoms with van der Waals surface area (Å²) >= 11 is 0. The van der Waals surface area contributed by atoms with Gasteiger partial charge < -0.3 is 15.8 Å². The molecule has 1 fully saturated rings. The zero-order valence-electron chi connectivity index (χ0n) is 11.4. The Morgan fingerprint density at radius 2 is 2.10 bits per heavy atom. The molecule has 1 aromatic rings. The van der Waals surface area contributed by atoms with E-state index >= 15 is 0 Å². The van der Waals surface area contributed by atoms with Gasteiger partial charge in [0, 0.05) is 18.7 Å². The van der Waals surface area contributed by atoms with Gasteiger partial charge in [0.15, 0.2) is 15.7 Å². The molecule has 0 spiro atoms. The Hall–Kier alpha value is -1.76. The lowest BCUT2D eigenvalue weighted by Crippen LogP contribution is -2.30. The lowest BCUT2D eigenvalue weighted by Gasteiger charge is -2.26. The van der Waals surface area contributed by atoms with Gasteiger partial charge in [-0.25, -0.2) is 8.42 Å². The highest BCUT2D eigenvalue weighted by Gasteiger charge is 2.22. The number of rotatable bonds is 2. The minimum absolute atomic E-state index is 0.0378. The molecule has 20 heavy (non-hydrogen) atoms. The minimum Gasteiger partial charge on any atom is -0.409 e. The molecule has 110 valence electrons. The van der Waals surface area contributed by atoms with Crippen molar-refractivity contribution in [2.24, 2.45) is 10.9 Å². The van der Waals surface area contributed by atoms with Gasteiger partial charge in [-0.1, -0.05) is 17.3 Å². The van der Waals surface area contributed by atoms with Gasteiger partial charge in [-0.3, -0.25) is 0 Å². The molecule has 0 aromatic heterocycles. The summed E-state index contributed by atoms with van der Waals surface area (Å²) < 4.78 is 23.4. The van der Waals surface area contributed by atoms with Gasteiger partial charge in [0.05, 0.1) is 17.2 Å². The van der Waals surface area contributed by atoms with Crippen molar-refractivity contribution in [2.75, 3.05) is 29.5 Å². The van der Waals surface area contributed by atoms with E-state index in [1.807, 2.05) is 24.0 Å². The fraction of sp³-hybridized carbons (Fsp3) is 0.462. The van der Waals surface area contributed by atoms with Crippen LogP contribution in [0.25, 0.3) is 0 Å². The van der Waals surface area contributed by atoms with Crippen molar-refractivity contribution in [3.05, 3.63) is 29.3 Å². The first-order chi connectivity index (χ1) is 9.44. The maximum absolute atomic E-state index is 11.7. The Balaban J connectivity index is 2.42. The second kappa shape index (κ2) is 5.70. The van der Waals surface area contributed by atoms with E-state index in [9.17, 15) is 8.42 Å². The number of anilines is 1. The normalized spacial score (nSPS) is 19.6. The number of nitrogens with two attached hydrogens (primary N) is 1. The molecule has 0 aliphatic carbocycles. The van der Waals surface area contributed by atoms with E-state index in [-0.39, 0.29) is 17.3 Å². The van der Waals surface area contributed by atoms with E-state index in [1.54, 1.807) is 6.07 Å². The molecule has 3 N–H and O–H groups in total. The van der Waals surface area contributed by atoms with E-state index in [1.165, 1.54) is 0 Å². The summed E-state index contributed by atoms with van der Waals surface area (Å²) in [5.74, 6) is 0.390. The van der Waals surface area contributed by atoms with Crippen LogP contribution in [0.4, 0.5) is 5.69 Å². The van der Waals surface area contributed by atoms with Crippen LogP contribution < -0.4 is 10.6 Å². The van der Waals surface area contributed by atoms with Crippen LogP contribution in [0.1, 0.15) is 17.5 Å². The molecule has 1 heterocycles. The molecule has 1 aliphatic rings. The average Bonchev–Trinajstić information content (AvgIpc) is 2.58. The molecule has 1 aromatic carbocycles. The lowest BCUT2D eigenvalue weighted by atomic mass is 10.1. The molecule has 0 radical (unpaired) electrons.